The zero-order valence-corrected chi connectivity index (χ0v) is 14.6. The summed E-state index contributed by atoms with van der Waals surface area (Å²) in [4.78, 5) is 8.51. The van der Waals surface area contributed by atoms with Crippen LogP contribution in [0.15, 0.2) is 54.9 Å². The maximum atomic E-state index is 9.26. The van der Waals surface area contributed by atoms with Crippen LogP contribution >= 0.6 is 0 Å². The smallest absolute Gasteiger partial charge is 0.236 e. The first kappa shape index (κ1) is 17.2. The van der Waals surface area contributed by atoms with E-state index in [0.717, 1.165) is 16.8 Å². The molecular weight excluding hydrogens is 326 g/mol. The second-order valence-electron chi connectivity index (χ2n) is 6.00. The van der Waals surface area contributed by atoms with Crippen molar-refractivity contribution in [2.45, 2.75) is 20.0 Å². The van der Waals surface area contributed by atoms with Crippen molar-refractivity contribution in [2.75, 3.05) is 11.1 Å². The summed E-state index contributed by atoms with van der Waals surface area (Å²) in [6.07, 6.45) is 3.46. The van der Waals surface area contributed by atoms with Gasteiger partial charge in [-0.25, -0.2) is 0 Å². The fraction of sp³-hybridized carbons (Fsp3) is 0.150. The molecule has 6 heteroatoms. The second kappa shape index (κ2) is 7.53. The molecule has 0 radical (unpaired) electrons. The quantitative estimate of drug-likeness (QED) is 0.722. The van der Waals surface area contributed by atoms with E-state index in [-0.39, 0.29) is 17.5 Å². The molecule has 130 valence electrons. The number of nitrogens with zero attached hydrogens (tertiary/aromatic N) is 3. The van der Waals surface area contributed by atoms with Crippen LogP contribution in [0.1, 0.15) is 19.4 Å². The number of hydrogen-bond donors (Lipinski definition) is 2. The van der Waals surface area contributed by atoms with Gasteiger partial charge in [-0.3, -0.25) is 4.98 Å². The van der Waals surface area contributed by atoms with Crippen molar-refractivity contribution in [1.82, 2.24) is 9.97 Å². The average molecular weight is 345 g/mol. The van der Waals surface area contributed by atoms with Gasteiger partial charge < -0.3 is 15.8 Å². The Morgan fingerprint density at radius 2 is 1.92 bits per heavy atom. The van der Waals surface area contributed by atoms with Crippen molar-refractivity contribution in [3.8, 4) is 23.1 Å². The van der Waals surface area contributed by atoms with E-state index < -0.39 is 0 Å². The van der Waals surface area contributed by atoms with E-state index in [2.05, 4.69) is 15.3 Å². The first-order valence-corrected chi connectivity index (χ1v) is 8.21. The number of rotatable bonds is 5. The van der Waals surface area contributed by atoms with Crippen LogP contribution in [0, 0.1) is 11.3 Å². The van der Waals surface area contributed by atoms with Crippen molar-refractivity contribution in [3.05, 3.63) is 60.4 Å². The number of nitriles is 1. The van der Waals surface area contributed by atoms with Crippen LogP contribution < -0.4 is 15.8 Å². The van der Waals surface area contributed by atoms with Gasteiger partial charge in [0, 0.05) is 24.1 Å². The van der Waals surface area contributed by atoms with E-state index in [1.54, 1.807) is 12.3 Å². The van der Waals surface area contributed by atoms with Gasteiger partial charge in [-0.15, -0.1) is 0 Å². The first-order valence-electron chi connectivity index (χ1n) is 8.21. The van der Waals surface area contributed by atoms with Gasteiger partial charge in [-0.1, -0.05) is 18.2 Å². The minimum Gasteiger partial charge on any atom is -0.474 e. The molecule has 2 heterocycles. The number of ether oxygens (including phenoxy) is 1. The lowest BCUT2D eigenvalue weighted by molar-refractivity contribution is 0.232. The summed E-state index contributed by atoms with van der Waals surface area (Å²) in [5.74, 6) is 0.753. The maximum absolute atomic E-state index is 9.26. The molecule has 2 aromatic heterocycles. The third-order valence-electron chi connectivity index (χ3n) is 3.63. The average Bonchev–Trinajstić information content (AvgIpc) is 2.62. The Morgan fingerprint density at radius 3 is 2.54 bits per heavy atom. The lowest BCUT2D eigenvalue weighted by atomic mass is 10.1. The predicted octanol–water partition coefficient (Wildman–Crippen LogP) is 4.13. The van der Waals surface area contributed by atoms with Gasteiger partial charge in [-0.05, 0) is 43.2 Å². The van der Waals surface area contributed by atoms with Crippen LogP contribution in [-0.4, -0.2) is 16.1 Å². The van der Waals surface area contributed by atoms with Gasteiger partial charge in [0.2, 0.25) is 5.88 Å². The molecule has 0 atom stereocenters. The molecule has 0 fully saturated rings. The number of nitrogens with one attached hydrogen (secondary N) is 1. The Balaban J connectivity index is 1.85. The van der Waals surface area contributed by atoms with E-state index in [0.29, 0.717) is 11.5 Å². The van der Waals surface area contributed by atoms with Crippen LogP contribution in [0.5, 0.6) is 5.88 Å². The molecule has 3 aromatic rings. The molecule has 0 saturated heterocycles. The molecule has 0 aliphatic rings. The minimum absolute atomic E-state index is 0.108. The summed E-state index contributed by atoms with van der Waals surface area (Å²) in [6, 6.07) is 15.5. The van der Waals surface area contributed by atoms with Crippen molar-refractivity contribution in [1.29, 1.82) is 5.26 Å². The zero-order valence-electron chi connectivity index (χ0n) is 14.6. The van der Waals surface area contributed by atoms with Gasteiger partial charge in [0.15, 0.2) is 0 Å². The Hall–Kier alpha value is -3.59. The summed E-state index contributed by atoms with van der Waals surface area (Å²) < 4.78 is 5.61. The molecule has 0 aliphatic heterocycles. The predicted molar refractivity (Wildman–Crippen MR) is 102 cm³/mol. The minimum atomic E-state index is -0.108. The lowest BCUT2D eigenvalue weighted by Gasteiger charge is -2.14. The summed E-state index contributed by atoms with van der Waals surface area (Å²) in [5.41, 5.74) is 9.52. The van der Waals surface area contributed by atoms with Gasteiger partial charge in [0.1, 0.15) is 17.5 Å². The molecule has 26 heavy (non-hydrogen) atoms. The summed E-state index contributed by atoms with van der Waals surface area (Å²) in [7, 11) is 0. The first-order chi connectivity index (χ1) is 12.6. The van der Waals surface area contributed by atoms with Crippen LogP contribution in [-0.2, 0) is 0 Å². The Labute approximate surface area is 152 Å². The topological polar surface area (TPSA) is 96.8 Å². The van der Waals surface area contributed by atoms with Crippen molar-refractivity contribution in [3.63, 3.8) is 0 Å². The third-order valence-corrected chi connectivity index (χ3v) is 3.63. The molecule has 0 saturated carbocycles. The summed E-state index contributed by atoms with van der Waals surface area (Å²) >= 11 is 0. The van der Waals surface area contributed by atoms with Gasteiger partial charge >= 0.3 is 0 Å². The number of pyridine rings is 2. The molecule has 6 nitrogen and oxygen atoms in total. The number of aromatic nitrogens is 2. The highest BCUT2D eigenvalue weighted by Crippen LogP contribution is 2.28. The standard InChI is InChI=1S/C20H19N5O/c1-13(2)26-20-17(11-21)18(22)10-19(25-20)24-16-7-5-14(6-8-16)15-4-3-9-23-12-15/h3-10,12-13H,1-2H3,(H3,22,24,25). The highest BCUT2D eigenvalue weighted by Gasteiger charge is 2.13. The van der Waals surface area contributed by atoms with E-state index in [9.17, 15) is 5.26 Å². The molecule has 0 unspecified atom stereocenters. The normalized spacial score (nSPS) is 10.4. The van der Waals surface area contributed by atoms with Gasteiger partial charge in [0.05, 0.1) is 11.8 Å². The monoisotopic (exact) mass is 345 g/mol. The molecule has 0 amide bonds. The Bertz CT molecular complexity index is 931. The fourth-order valence-electron chi connectivity index (χ4n) is 2.45. The van der Waals surface area contributed by atoms with E-state index in [1.807, 2.05) is 62.5 Å². The van der Waals surface area contributed by atoms with Crippen LogP contribution in [0.4, 0.5) is 17.2 Å². The summed E-state index contributed by atoms with van der Waals surface area (Å²) in [6.45, 7) is 3.74. The summed E-state index contributed by atoms with van der Waals surface area (Å²) in [5, 5.41) is 12.4. The SMILES string of the molecule is CC(C)Oc1nc(Nc2ccc(-c3cccnc3)cc2)cc(N)c1C#N. The molecular formula is C20H19N5O. The van der Waals surface area contributed by atoms with Crippen molar-refractivity contribution < 1.29 is 4.74 Å². The zero-order chi connectivity index (χ0) is 18.5. The van der Waals surface area contributed by atoms with E-state index in [1.165, 1.54) is 0 Å². The molecule has 0 aliphatic carbocycles. The molecule has 0 bridgehead atoms. The maximum Gasteiger partial charge on any atom is 0.236 e. The molecule has 0 spiro atoms. The number of nitrogens with two attached hydrogens (primary N) is 1. The largest absolute Gasteiger partial charge is 0.474 e. The molecule has 3 rings (SSSR count). The fourth-order valence-corrected chi connectivity index (χ4v) is 2.45. The Morgan fingerprint density at radius 1 is 1.15 bits per heavy atom. The number of nitrogen functional groups attached to an aromatic ring is 1. The number of benzene rings is 1. The van der Waals surface area contributed by atoms with Gasteiger partial charge in [0.25, 0.3) is 0 Å². The van der Waals surface area contributed by atoms with Gasteiger partial charge in [-0.2, -0.15) is 10.2 Å². The molecule has 3 N–H and O–H groups in total. The van der Waals surface area contributed by atoms with E-state index >= 15 is 0 Å². The second-order valence-corrected chi connectivity index (χ2v) is 6.00. The van der Waals surface area contributed by atoms with E-state index in [4.69, 9.17) is 10.5 Å². The highest BCUT2D eigenvalue weighted by atomic mass is 16.5. The highest BCUT2D eigenvalue weighted by molar-refractivity contribution is 5.70. The Kier molecular flexibility index (Phi) is 4.99. The van der Waals surface area contributed by atoms with Crippen molar-refractivity contribution in [2.24, 2.45) is 0 Å². The molecule has 1 aromatic carbocycles. The number of hydrogen-bond acceptors (Lipinski definition) is 6. The third kappa shape index (κ3) is 3.90. The lowest BCUT2D eigenvalue weighted by Crippen LogP contribution is -2.10. The number of anilines is 3. The van der Waals surface area contributed by atoms with Crippen LogP contribution in [0.25, 0.3) is 11.1 Å². The van der Waals surface area contributed by atoms with Crippen molar-refractivity contribution >= 4 is 17.2 Å². The van der Waals surface area contributed by atoms with Crippen LogP contribution in [0.3, 0.4) is 0 Å². The van der Waals surface area contributed by atoms with Crippen LogP contribution in [0.2, 0.25) is 0 Å².